The molecular formula is C15H15N5O5S2. The molecular weight excluding hydrogens is 394 g/mol. The number of benzene rings is 1. The van der Waals surface area contributed by atoms with Crippen LogP contribution in [-0.4, -0.2) is 36.4 Å². The van der Waals surface area contributed by atoms with Gasteiger partial charge in [-0.1, -0.05) is 0 Å². The van der Waals surface area contributed by atoms with Gasteiger partial charge in [-0.15, -0.1) is 16.0 Å². The van der Waals surface area contributed by atoms with E-state index in [0.717, 1.165) is 22.8 Å². The Morgan fingerprint density at radius 1 is 1.33 bits per heavy atom. The molecule has 10 nitrogen and oxygen atoms in total. The van der Waals surface area contributed by atoms with Crippen molar-refractivity contribution in [2.45, 2.75) is 11.8 Å². The lowest BCUT2D eigenvalue weighted by Gasteiger charge is -2.20. The highest BCUT2D eigenvalue weighted by atomic mass is 32.2. The maximum atomic E-state index is 13.3. The minimum absolute atomic E-state index is 0.0445. The molecule has 2 aromatic heterocycles. The number of aryl methyl sites for hydroxylation is 1. The number of nitrogens with two attached hydrogens (primary N) is 1. The van der Waals surface area contributed by atoms with Gasteiger partial charge < -0.3 is 10.5 Å². The zero-order valence-electron chi connectivity index (χ0n) is 14.2. The monoisotopic (exact) mass is 409 g/mol. The molecule has 0 saturated heterocycles. The molecule has 3 aromatic rings. The van der Waals surface area contributed by atoms with Gasteiger partial charge in [-0.25, -0.2) is 22.5 Å². The first kappa shape index (κ1) is 18.7. The summed E-state index contributed by atoms with van der Waals surface area (Å²) in [7, 11) is -3.11. The number of thiazole rings is 1. The zero-order valence-corrected chi connectivity index (χ0v) is 15.9. The van der Waals surface area contributed by atoms with E-state index < -0.39 is 21.7 Å². The minimum Gasteiger partial charge on any atom is -0.451 e. The highest BCUT2D eigenvalue weighted by Gasteiger charge is 2.34. The number of hydrogen-bond donors (Lipinski definition) is 2. The standard InChI is InChI=1S/C15H15N5O5S2/c1-9-12(13(21)19(18-9)15(22)25-2)20(14-17-7-8-26-14)27(23,24)11-5-3-10(16)4-6-11/h3-8,18H,16H2,1-2H3. The molecule has 2 heterocycles. The molecule has 0 radical (unpaired) electrons. The van der Waals surface area contributed by atoms with E-state index in [0.29, 0.717) is 10.4 Å². The summed E-state index contributed by atoms with van der Waals surface area (Å²) in [4.78, 5) is 28.5. The van der Waals surface area contributed by atoms with Gasteiger partial charge in [-0.05, 0) is 31.2 Å². The van der Waals surface area contributed by atoms with Crippen molar-refractivity contribution in [2.24, 2.45) is 0 Å². The Morgan fingerprint density at radius 3 is 2.56 bits per heavy atom. The average Bonchev–Trinajstić information content (AvgIpc) is 3.25. The summed E-state index contributed by atoms with van der Waals surface area (Å²) in [6, 6.07) is 5.52. The molecule has 0 amide bonds. The third-order valence-corrected chi connectivity index (χ3v) is 6.19. The van der Waals surface area contributed by atoms with Crippen molar-refractivity contribution in [3.8, 4) is 0 Å². The Kier molecular flexibility index (Phi) is 4.76. The van der Waals surface area contributed by atoms with E-state index in [1.165, 1.54) is 37.4 Å². The fourth-order valence-corrected chi connectivity index (χ4v) is 4.75. The minimum atomic E-state index is -4.22. The van der Waals surface area contributed by atoms with Gasteiger partial charge in [0.2, 0.25) is 5.13 Å². The lowest BCUT2D eigenvalue weighted by molar-refractivity contribution is 0.168. The number of ether oxygens (including phenoxy) is 1. The number of carbonyl (C=O) groups excluding carboxylic acids is 1. The van der Waals surface area contributed by atoms with Gasteiger partial charge in [-0.2, -0.15) is 0 Å². The molecule has 0 saturated carbocycles. The van der Waals surface area contributed by atoms with Crippen LogP contribution >= 0.6 is 11.3 Å². The van der Waals surface area contributed by atoms with E-state index in [1.807, 2.05) is 0 Å². The van der Waals surface area contributed by atoms with Crippen LogP contribution in [0.5, 0.6) is 0 Å². The van der Waals surface area contributed by atoms with E-state index in [2.05, 4.69) is 14.8 Å². The van der Waals surface area contributed by atoms with Crippen LogP contribution in [0.15, 0.2) is 45.5 Å². The SMILES string of the molecule is COC(=O)n1[nH]c(C)c(N(c2nccs2)S(=O)(=O)c2ccc(N)cc2)c1=O. The maximum Gasteiger partial charge on any atom is 0.436 e. The van der Waals surface area contributed by atoms with Gasteiger partial charge in [0, 0.05) is 17.3 Å². The first-order valence-corrected chi connectivity index (χ1v) is 9.79. The van der Waals surface area contributed by atoms with Gasteiger partial charge in [0.25, 0.3) is 10.0 Å². The molecule has 3 rings (SSSR count). The number of aromatic amines is 1. The first-order valence-electron chi connectivity index (χ1n) is 7.47. The van der Waals surface area contributed by atoms with E-state index in [9.17, 15) is 18.0 Å². The van der Waals surface area contributed by atoms with E-state index in [4.69, 9.17) is 5.73 Å². The Bertz CT molecular complexity index is 1130. The smallest absolute Gasteiger partial charge is 0.436 e. The van der Waals surface area contributed by atoms with Gasteiger partial charge in [0.05, 0.1) is 17.7 Å². The molecule has 0 aliphatic carbocycles. The van der Waals surface area contributed by atoms with Crippen LogP contribution in [0.2, 0.25) is 0 Å². The highest BCUT2D eigenvalue weighted by molar-refractivity contribution is 7.93. The van der Waals surface area contributed by atoms with Gasteiger partial charge >= 0.3 is 11.7 Å². The fraction of sp³-hybridized carbons (Fsp3) is 0.133. The number of nitrogens with zero attached hydrogens (tertiary/aromatic N) is 3. The summed E-state index contributed by atoms with van der Waals surface area (Å²) in [5.41, 5.74) is 5.03. The van der Waals surface area contributed by atoms with Crippen molar-refractivity contribution < 1.29 is 17.9 Å². The molecule has 0 aliphatic rings. The molecule has 142 valence electrons. The second kappa shape index (κ2) is 6.89. The van der Waals surface area contributed by atoms with Gasteiger partial charge in [0.15, 0.2) is 0 Å². The normalized spacial score (nSPS) is 11.3. The molecule has 12 heteroatoms. The van der Waals surface area contributed by atoms with Crippen molar-refractivity contribution >= 4 is 44.0 Å². The molecule has 0 aliphatic heterocycles. The molecule has 0 spiro atoms. The fourth-order valence-electron chi connectivity index (χ4n) is 2.38. The van der Waals surface area contributed by atoms with Crippen molar-refractivity contribution in [3.63, 3.8) is 0 Å². The van der Waals surface area contributed by atoms with E-state index in [1.54, 1.807) is 5.38 Å². The van der Waals surface area contributed by atoms with Crippen molar-refractivity contribution in [1.29, 1.82) is 0 Å². The van der Waals surface area contributed by atoms with Gasteiger partial charge in [0.1, 0.15) is 5.69 Å². The first-order chi connectivity index (χ1) is 12.8. The molecule has 0 unspecified atom stereocenters. The molecule has 0 atom stereocenters. The highest BCUT2D eigenvalue weighted by Crippen LogP contribution is 2.33. The number of rotatable bonds is 4. The van der Waals surface area contributed by atoms with Crippen LogP contribution in [0.3, 0.4) is 0 Å². The number of methoxy groups -OCH3 is 1. The molecule has 1 aromatic carbocycles. The quantitative estimate of drug-likeness (QED) is 0.624. The third kappa shape index (κ3) is 3.19. The molecule has 3 N–H and O–H groups in total. The Labute approximate surface area is 157 Å². The number of nitrogens with one attached hydrogen (secondary N) is 1. The predicted octanol–water partition coefficient (Wildman–Crippen LogP) is 1.67. The second-order valence-electron chi connectivity index (χ2n) is 5.35. The largest absolute Gasteiger partial charge is 0.451 e. The lowest BCUT2D eigenvalue weighted by atomic mass is 10.3. The predicted molar refractivity (Wildman–Crippen MR) is 99.9 cm³/mol. The van der Waals surface area contributed by atoms with Crippen molar-refractivity contribution in [1.82, 2.24) is 14.8 Å². The molecule has 0 bridgehead atoms. The topological polar surface area (TPSA) is 140 Å². The zero-order chi connectivity index (χ0) is 19.8. The number of nitrogen functional groups attached to an aromatic ring is 1. The molecule has 0 fully saturated rings. The number of anilines is 3. The Morgan fingerprint density at radius 2 is 2.00 bits per heavy atom. The number of carbonyl (C=O) groups is 1. The van der Waals surface area contributed by atoms with Crippen LogP contribution < -0.4 is 15.6 Å². The van der Waals surface area contributed by atoms with Crippen LogP contribution in [0.4, 0.5) is 21.3 Å². The van der Waals surface area contributed by atoms with Crippen molar-refractivity contribution in [2.75, 3.05) is 17.1 Å². The summed E-state index contributed by atoms with van der Waals surface area (Å²) in [5, 5.41) is 4.13. The third-order valence-electron chi connectivity index (χ3n) is 3.61. The lowest BCUT2D eigenvalue weighted by Crippen LogP contribution is -2.33. The number of sulfonamides is 1. The second-order valence-corrected chi connectivity index (χ2v) is 8.01. The van der Waals surface area contributed by atoms with E-state index in [-0.39, 0.29) is 21.4 Å². The number of H-pyrrole nitrogens is 1. The Hall–Kier alpha value is -3.12. The van der Waals surface area contributed by atoms with Gasteiger partial charge in [-0.3, -0.25) is 9.89 Å². The Balaban J connectivity index is 2.26. The van der Waals surface area contributed by atoms with Crippen LogP contribution in [0.1, 0.15) is 5.69 Å². The summed E-state index contributed by atoms with van der Waals surface area (Å²) < 4.78 is 32.5. The van der Waals surface area contributed by atoms with E-state index >= 15 is 0 Å². The average molecular weight is 409 g/mol. The molecule has 27 heavy (non-hydrogen) atoms. The van der Waals surface area contributed by atoms with Crippen LogP contribution in [0.25, 0.3) is 0 Å². The summed E-state index contributed by atoms with van der Waals surface area (Å²) in [6.07, 6.45) is 0.435. The summed E-state index contributed by atoms with van der Waals surface area (Å²) in [5.74, 6) is 0. The number of aromatic nitrogens is 3. The number of hydrogen-bond acceptors (Lipinski definition) is 8. The van der Waals surface area contributed by atoms with Crippen LogP contribution in [0, 0.1) is 6.92 Å². The summed E-state index contributed by atoms with van der Waals surface area (Å²) >= 11 is 1.02. The maximum absolute atomic E-state index is 13.3. The summed E-state index contributed by atoms with van der Waals surface area (Å²) in [6.45, 7) is 1.47. The van der Waals surface area contributed by atoms with Crippen LogP contribution in [-0.2, 0) is 14.8 Å². The van der Waals surface area contributed by atoms with Crippen molar-refractivity contribution in [3.05, 3.63) is 51.9 Å².